The zero-order valence-corrected chi connectivity index (χ0v) is 17.5. The maximum atomic E-state index is 11.7. The van der Waals surface area contributed by atoms with Gasteiger partial charge in [0.05, 0.1) is 13.7 Å². The van der Waals surface area contributed by atoms with E-state index in [0.29, 0.717) is 23.6 Å². The SMILES string of the molecule is CCc1nsc(N2CCN(C(=NC)NCc3cc(C(=O)OC)c(C)o3)CC2)n1. The van der Waals surface area contributed by atoms with Gasteiger partial charge in [0.1, 0.15) is 22.9 Å². The number of rotatable bonds is 5. The molecule has 0 amide bonds. The number of esters is 1. The number of methoxy groups -OCH3 is 1. The summed E-state index contributed by atoms with van der Waals surface area (Å²) in [7, 11) is 3.12. The van der Waals surface area contributed by atoms with Crippen molar-refractivity contribution in [2.24, 2.45) is 4.99 Å². The van der Waals surface area contributed by atoms with E-state index < -0.39 is 5.97 Å². The minimum Gasteiger partial charge on any atom is -0.465 e. The summed E-state index contributed by atoms with van der Waals surface area (Å²) in [4.78, 5) is 25.1. The molecule has 0 spiro atoms. The molecule has 3 heterocycles. The van der Waals surface area contributed by atoms with Gasteiger partial charge in [0.25, 0.3) is 0 Å². The van der Waals surface area contributed by atoms with E-state index in [-0.39, 0.29) is 0 Å². The van der Waals surface area contributed by atoms with Gasteiger partial charge in [0.2, 0.25) is 5.13 Å². The van der Waals surface area contributed by atoms with Crippen LogP contribution in [0, 0.1) is 6.92 Å². The number of guanidine groups is 1. The normalized spacial score (nSPS) is 15.1. The van der Waals surface area contributed by atoms with Crippen LogP contribution in [0.25, 0.3) is 0 Å². The van der Waals surface area contributed by atoms with Gasteiger partial charge in [-0.3, -0.25) is 4.99 Å². The van der Waals surface area contributed by atoms with Gasteiger partial charge < -0.3 is 24.3 Å². The van der Waals surface area contributed by atoms with Gasteiger partial charge in [0, 0.05) is 51.2 Å². The summed E-state index contributed by atoms with van der Waals surface area (Å²) in [6.45, 7) is 7.67. The van der Waals surface area contributed by atoms with E-state index in [2.05, 4.69) is 36.4 Å². The Morgan fingerprint density at radius 2 is 2.14 bits per heavy atom. The van der Waals surface area contributed by atoms with Crippen molar-refractivity contribution < 1.29 is 13.9 Å². The molecule has 0 radical (unpaired) electrons. The molecule has 3 rings (SSSR count). The molecule has 2 aromatic rings. The Hall–Kier alpha value is -2.62. The number of furan rings is 1. The van der Waals surface area contributed by atoms with Gasteiger partial charge in [-0.2, -0.15) is 4.37 Å². The third kappa shape index (κ3) is 4.44. The fourth-order valence-corrected chi connectivity index (χ4v) is 3.87. The Morgan fingerprint density at radius 3 is 2.75 bits per heavy atom. The number of piperazine rings is 1. The molecule has 0 saturated carbocycles. The lowest BCUT2D eigenvalue weighted by Crippen LogP contribution is -2.52. The fourth-order valence-electron chi connectivity index (χ4n) is 3.07. The highest BCUT2D eigenvalue weighted by Gasteiger charge is 2.22. The number of nitrogens with zero attached hydrogens (tertiary/aromatic N) is 5. The highest BCUT2D eigenvalue weighted by Crippen LogP contribution is 2.19. The number of hydrogen-bond acceptors (Lipinski definition) is 8. The molecule has 2 aromatic heterocycles. The van der Waals surface area contributed by atoms with Crippen LogP contribution in [0.15, 0.2) is 15.5 Å². The zero-order valence-electron chi connectivity index (χ0n) is 16.7. The first-order chi connectivity index (χ1) is 13.5. The van der Waals surface area contributed by atoms with Crippen molar-refractivity contribution in [3.05, 3.63) is 29.0 Å². The molecule has 1 N–H and O–H groups in total. The van der Waals surface area contributed by atoms with E-state index in [4.69, 9.17) is 9.15 Å². The lowest BCUT2D eigenvalue weighted by Gasteiger charge is -2.36. The highest BCUT2D eigenvalue weighted by atomic mass is 32.1. The summed E-state index contributed by atoms with van der Waals surface area (Å²) in [5.74, 6) is 2.53. The summed E-state index contributed by atoms with van der Waals surface area (Å²) in [6.07, 6.45) is 0.858. The number of aliphatic imine (C=N–C) groups is 1. The van der Waals surface area contributed by atoms with Crippen LogP contribution in [0.4, 0.5) is 5.13 Å². The number of carbonyl (C=O) groups is 1. The molecule has 10 heteroatoms. The Balaban J connectivity index is 1.54. The molecule has 152 valence electrons. The smallest absolute Gasteiger partial charge is 0.341 e. The lowest BCUT2D eigenvalue weighted by molar-refractivity contribution is 0.0599. The van der Waals surface area contributed by atoms with Crippen LogP contribution < -0.4 is 10.2 Å². The predicted molar refractivity (Wildman–Crippen MR) is 108 cm³/mol. The molecule has 0 unspecified atom stereocenters. The van der Waals surface area contributed by atoms with E-state index >= 15 is 0 Å². The molecule has 1 aliphatic heterocycles. The van der Waals surface area contributed by atoms with E-state index in [9.17, 15) is 4.79 Å². The van der Waals surface area contributed by atoms with Gasteiger partial charge in [0.15, 0.2) is 5.96 Å². The van der Waals surface area contributed by atoms with Crippen molar-refractivity contribution in [1.82, 2.24) is 19.6 Å². The summed E-state index contributed by atoms with van der Waals surface area (Å²) in [6, 6.07) is 1.71. The second-order valence-corrected chi connectivity index (χ2v) is 7.13. The van der Waals surface area contributed by atoms with Crippen LogP contribution >= 0.6 is 11.5 Å². The molecule has 9 nitrogen and oxygen atoms in total. The van der Waals surface area contributed by atoms with Gasteiger partial charge in [-0.15, -0.1) is 0 Å². The Bertz CT molecular complexity index is 838. The number of anilines is 1. The second-order valence-electron chi connectivity index (χ2n) is 6.40. The highest BCUT2D eigenvalue weighted by molar-refractivity contribution is 7.09. The van der Waals surface area contributed by atoms with Crippen molar-refractivity contribution >= 4 is 28.6 Å². The quantitative estimate of drug-likeness (QED) is 0.455. The van der Waals surface area contributed by atoms with Gasteiger partial charge in [-0.05, 0) is 13.0 Å². The van der Waals surface area contributed by atoms with E-state index in [1.807, 2.05) is 0 Å². The third-order valence-corrected chi connectivity index (χ3v) is 5.44. The minimum atomic E-state index is -0.393. The monoisotopic (exact) mass is 406 g/mol. The van der Waals surface area contributed by atoms with Crippen LogP contribution in [0.2, 0.25) is 0 Å². The predicted octanol–water partition coefficient (Wildman–Crippen LogP) is 1.69. The first kappa shape index (κ1) is 20.1. The number of nitrogens with one attached hydrogen (secondary N) is 1. The Kier molecular flexibility index (Phi) is 6.50. The van der Waals surface area contributed by atoms with E-state index in [1.54, 1.807) is 20.0 Å². The van der Waals surface area contributed by atoms with Crippen LogP contribution in [0.5, 0.6) is 0 Å². The summed E-state index contributed by atoms with van der Waals surface area (Å²) in [5.41, 5.74) is 0.450. The summed E-state index contributed by atoms with van der Waals surface area (Å²) < 4.78 is 14.8. The number of carbonyl (C=O) groups excluding carboxylic acids is 1. The Morgan fingerprint density at radius 1 is 1.39 bits per heavy atom. The van der Waals surface area contributed by atoms with Gasteiger partial charge >= 0.3 is 5.97 Å². The van der Waals surface area contributed by atoms with Crippen LogP contribution in [-0.2, 0) is 17.7 Å². The van der Waals surface area contributed by atoms with Crippen LogP contribution in [0.3, 0.4) is 0 Å². The van der Waals surface area contributed by atoms with Crippen LogP contribution in [0.1, 0.15) is 34.6 Å². The maximum Gasteiger partial charge on any atom is 0.341 e. The summed E-state index contributed by atoms with van der Waals surface area (Å²) >= 11 is 1.46. The van der Waals surface area contributed by atoms with Crippen molar-refractivity contribution in [2.75, 3.05) is 45.2 Å². The number of aryl methyl sites for hydroxylation is 2. The van der Waals surface area contributed by atoms with Gasteiger partial charge in [-0.1, -0.05) is 6.92 Å². The zero-order chi connectivity index (χ0) is 20.1. The molecule has 0 aromatic carbocycles. The fraction of sp³-hybridized carbons (Fsp3) is 0.556. The molecule has 0 atom stereocenters. The first-order valence-electron chi connectivity index (χ1n) is 9.26. The third-order valence-electron chi connectivity index (χ3n) is 4.63. The largest absolute Gasteiger partial charge is 0.465 e. The van der Waals surface area contributed by atoms with Crippen molar-refractivity contribution in [1.29, 1.82) is 0 Å². The molecular weight excluding hydrogens is 380 g/mol. The molecule has 0 bridgehead atoms. The molecule has 1 saturated heterocycles. The van der Waals surface area contributed by atoms with Crippen molar-refractivity contribution in [2.45, 2.75) is 26.8 Å². The molecule has 1 fully saturated rings. The van der Waals surface area contributed by atoms with Crippen LogP contribution in [-0.4, -0.2) is 66.5 Å². The molecular formula is C18H26N6O3S. The number of aromatic nitrogens is 2. The average Bonchev–Trinajstić information content (AvgIpc) is 3.35. The number of ether oxygens (including phenoxy) is 1. The van der Waals surface area contributed by atoms with E-state index in [1.165, 1.54) is 18.6 Å². The lowest BCUT2D eigenvalue weighted by atomic mass is 10.2. The van der Waals surface area contributed by atoms with Crippen molar-refractivity contribution in [3.8, 4) is 0 Å². The standard InChI is InChI=1S/C18H26N6O3S/c1-5-15-21-18(28-22-15)24-8-6-23(7-9-24)17(19-3)20-11-13-10-14(12(2)27-13)16(25)26-4/h10H,5-9,11H2,1-4H3,(H,19,20). The Labute approximate surface area is 168 Å². The molecule has 28 heavy (non-hydrogen) atoms. The van der Waals surface area contributed by atoms with Crippen molar-refractivity contribution in [3.63, 3.8) is 0 Å². The molecule has 1 aliphatic rings. The summed E-state index contributed by atoms with van der Waals surface area (Å²) in [5, 5.41) is 4.29. The van der Waals surface area contributed by atoms with E-state index in [0.717, 1.165) is 49.5 Å². The first-order valence-corrected chi connectivity index (χ1v) is 10.0. The average molecular weight is 407 g/mol. The minimum absolute atomic E-state index is 0.393. The maximum absolute atomic E-state index is 11.7. The number of hydrogen-bond donors (Lipinski definition) is 1. The van der Waals surface area contributed by atoms with Gasteiger partial charge in [-0.25, -0.2) is 9.78 Å². The second kappa shape index (κ2) is 9.05. The topological polar surface area (TPSA) is 96.1 Å². The molecule has 0 aliphatic carbocycles.